The van der Waals surface area contributed by atoms with E-state index in [2.05, 4.69) is 4.90 Å². The molecule has 0 amide bonds. The van der Waals surface area contributed by atoms with E-state index in [0.29, 0.717) is 19.6 Å². The molecule has 0 unspecified atom stereocenters. The Morgan fingerprint density at radius 3 is 2.62 bits per heavy atom. The SMILES string of the molecule is Cc1nc([C@H]2CCCN(S(C)(=O)=O)C2)nc2c1CCCN2Cc1ccc(F)cc1. The molecule has 156 valence electrons. The van der Waals surface area contributed by atoms with Crippen molar-refractivity contribution in [2.45, 2.75) is 45.1 Å². The Kier molecular flexibility index (Phi) is 5.57. The van der Waals surface area contributed by atoms with E-state index in [0.717, 1.165) is 60.7 Å². The van der Waals surface area contributed by atoms with Crippen molar-refractivity contribution in [1.29, 1.82) is 0 Å². The maximum atomic E-state index is 13.3. The Morgan fingerprint density at radius 1 is 1.14 bits per heavy atom. The molecule has 0 saturated carbocycles. The topological polar surface area (TPSA) is 66.4 Å². The summed E-state index contributed by atoms with van der Waals surface area (Å²) in [5, 5.41) is 0. The van der Waals surface area contributed by atoms with Crippen LogP contribution in [0.15, 0.2) is 24.3 Å². The van der Waals surface area contributed by atoms with Crippen molar-refractivity contribution in [2.75, 3.05) is 30.8 Å². The van der Waals surface area contributed by atoms with Gasteiger partial charge in [0.05, 0.1) is 6.26 Å². The fourth-order valence-corrected chi connectivity index (χ4v) is 5.22. The number of benzene rings is 1. The Bertz CT molecular complexity index is 994. The third-order valence-corrected chi connectivity index (χ3v) is 7.14. The largest absolute Gasteiger partial charge is 0.352 e. The van der Waals surface area contributed by atoms with Crippen molar-refractivity contribution in [1.82, 2.24) is 14.3 Å². The van der Waals surface area contributed by atoms with Crippen molar-refractivity contribution in [3.05, 3.63) is 52.7 Å². The number of aryl methyl sites for hydroxylation is 1. The number of halogens is 1. The Morgan fingerprint density at radius 2 is 1.90 bits per heavy atom. The first kappa shape index (κ1) is 20.2. The van der Waals surface area contributed by atoms with Crippen LogP contribution in [0.5, 0.6) is 0 Å². The van der Waals surface area contributed by atoms with Gasteiger partial charge in [0.25, 0.3) is 0 Å². The van der Waals surface area contributed by atoms with Crippen LogP contribution >= 0.6 is 0 Å². The van der Waals surface area contributed by atoms with E-state index in [1.807, 2.05) is 19.1 Å². The van der Waals surface area contributed by atoms with E-state index >= 15 is 0 Å². The van der Waals surface area contributed by atoms with Crippen molar-refractivity contribution >= 4 is 15.8 Å². The quantitative estimate of drug-likeness (QED) is 0.764. The lowest BCUT2D eigenvalue weighted by atomic mass is 9.97. The van der Waals surface area contributed by atoms with Gasteiger partial charge in [-0.25, -0.2) is 27.1 Å². The summed E-state index contributed by atoms with van der Waals surface area (Å²) >= 11 is 0. The van der Waals surface area contributed by atoms with E-state index in [-0.39, 0.29) is 11.7 Å². The average molecular weight is 419 g/mol. The molecular weight excluding hydrogens is 391 g/mol. The summed E-state index contributed by atoms with van der Waals surface area (Å²) in [6, 6.07) is 6.59. The van der Waals surface area contributed by atoms with Crippen LogP contribution in [0.3, 0.4) is 0 Å². The minimum absolute atomic E-state index is 0.0112. The highest BCUT2D eigenvalue weighted by molar-refractivity contribution is 7.88. The van der Waals surface area contributed by atoms with E-state index < -0.39 is 10.0 Å². The summed E-state index contributed by atoms with van der Waals surface area (Å²) in [6.45, 7) is 4.58. The van der Waals surface area contributed by atoms with E-state index in [1.165, 1.54) is 22.7 Å². The minimum atomic E-state index is -3.21. The van der Waals surface area contributed by atoms with E-state index in [4.69, 9.17) is 9.97 Å². The molecule has 0 bridgehead atoms. The predicted molar refractivity (Wildman–Crippen MR) is 111 cm³/mol. The smallest absolute Gasteiger partial charge is 0.211 e. The molecule has 1 aromatic carbocycles. The van der Waals surface area contributed by atoms with Gasteiger partial charge in [0.15, 0.2) is 0 Å². The lowest BCUT2D eigenvalue weighted by Crippen LogP contribution is -2.39. The molecule has 0 N–H and O–H groups in total. The highest BCUT2D eigenvalue weighted by Gasteiger charge is 2.30. The molecule has 1 saturated heterocycles. The number of nitrogens with zero attached hydrogens (tertiary/aromatic N) is 4. The van der Waals surface area contributed by atoms with Crippen molar-refractivity contribution in [2.24, 2.45) is 0 Å². The van der Waals surface area contributed by atoms with Gasteiger partial charge < -0.3 is 4.90 Å². The lowest BCUT2D eigenvalue weighted by Gasteiger charge is -2.34. The summed E-state index contributed by atoms with van der Waals surface area (Å²) in [5.74, 6) is 1.46. The second-order valence-electron chi connectivity index (χ2n) is 8.08. The summed E-state index contributed by atoms with van der Waals surface area (Å²) in [4.78, 5) is 11.9. The number of rotatable bonds is 4. The van der Waals surface area contributed by atoms with Gasteiger partial charge in [-0.05, 0) is 50.3 Å². The fraction of sp³-hybridized carbons (Fsp3) is 0.524. The number of hydrogen-bond donors (Lipinski definition) is 0. The second-order valence-corrected chi connectivity index (χ2v) is 10.1. The lowest BCUT2D eigenvalue weighted by molar-refractivity contribution is 0.310. The number of anilines is 1. The zero-order valence-electron chi connectivity index (χ0n) is 16.9. The van der Waals surface area contributed by atoms with Crippen LogP contribution in [-0.2, 0) is 23.0 Å². The fourth-order valence-electron chi connectivity index (χ4n) is 4.31. The van der Waals surface area contributed by atoms with Crippen LogP contribution in [0.1, 0.15) is 47.8 Å². The van der Waals surface area contributed by atoms with E-state index in [9.17, 15) is 12.8 Å². The Balaban J connectivity index is 1.63. The van der Waals surface area contributed by atoms with Crippen LogP contribution in [0.4, 0.5) is 10.2 Å². The molecule has 0 aliphatic carbocycles. The van der Waals surface area contributed by atoms with Crippen LogP contribution < -0.4 is 4.90 Å². The molecular formula is C21H27FN4O2S. The van der Waals surface area contributed by atoms with Gasteiger partial charge in [0.1, 0.15) is 17.5 Å². The van der Waals surface area contributed by atoms with Crippen LogP contribution in [0, 0.1) is 12.7 Å². The van der Waals surface area contributed by atoms with Crippen LogP contribution in [0.2, 0.25) is 0 Å². The monoisotopic (exact) mass is 418 g/mol. The summed E-state index contributed by atoms with van der Waals surface area (Å²) in [7, 11) is -3.21. The Hall–Kier alpha value is -2.06. The molecule has 6 nitrogen and oxygen atoms in total. The van der Waals surface area contributed by atoms with Gasteiger partial charge >= 0.3 is 0 Å². The van der Waals surface area contributed by atoms with Crippen molar-refractivity contribution in [3.63, 3.8) is 0 Å². The highest BCUT2D eigenvalue weighted by atomic mass is 32.2. The van der Waals surface area contributed by atoms with Gasteiger partial charge in [-0.1, -0.05) is 12.1 Å². The number of hydrogen-bond acceptors (Lipinski definition) is 5. The first-order chi connectivity index (χ1) is 13.8. The zero-order valence-corrected chi connectivity index (χ0v) is 17.8. The average Bonchev–Trinajstić information content (AvgIpc) is 2.70. The molecule has 1 fully saturated rings. The normalized spacial score (nSPS) is 20.5. The minimum Gasteiger partial charge on any atom is -0.352 e. The third-order valence-electron chi connectivity index (χ3n) is 5.87. The van der Waals surface area contributed by atoms with Crippen molar-refractivity contribution in [3.8, 4) is 0 Å². The summed E-state index contributed by atoms with van der Waals surface area (Å²) in [6.07, 6.45) is 4.95. The first-order valence-electron chi connectivity index (χ1n) is 10.1. The zero-order chi connectivity index (χ0) is 20.6. The Labute approximate surface area is 171 Å². The molecule has 0 spiro atoms. The van der Waals surface area contributed by atoms with Gasteiger partial charge in [0.2, 0.25) is 10.0 Å². The van der Waals surface area contributed by atoms with Gasteiger partial charge in [-0.2, -0.15) is 0 Å². The van der Waals surface area contributed by atoms with Gasteiger partial charge in [-0.3, -0.25) is 0 Å². The molecule has 2 aromatic rings. The molecule has 8 heteroatoms. The molecule has 3 heterocycles. The summed E-state index contributed by atoms with van der Waals surface area (Å²) < 4.78 is 38.8. The number of aromatic nitrogens is 2. The maximum absolute atomic E-state index is 13.3. The van der Waals surface area contributed by atoms with Gasteiger partial charge in [0, 0.05) is 43.4 Å². The van der Waals surface area contributed by atoms with Crippen LogP contribution in [0.25, 0.3) is 0 Å². The number of fused-ring (bicyclic) bond motifs is 1. The molecule has 2 aliphatic rings. The predicted octanol–water partition coefficient (Wildman–Crippen LogP) is 3.02. The molecule has 0 radical (unpaired) electrons. The standard InChI is InChI=1S/C21H27FN4O2S/c1-15-19-6-4-11-25(13-16-7-9-18(22)10-8-16)21(19)24-20(23-15)17-5-3-12-26(14-17)29(2,27)28/h7-10,17H,3-6,11-14H2,1-2H3/t17-/m0/s1. The molecule has 4 rings (SSSR count). The molecule has 1 aromatic heterocycles. The highest BCUT2D eigenvalue weighted by Crippen LogP contribution is 2.32. The number of sulfonamides is 1. The van der Waals surface area contributed by atoms with Crippen molar-refractivity contribution < 1.29 is 12.8 Å². The number of piperidine rings is 1. The molecule has 29 heavy (non-hydrogen) atoms. The van der Waals surface area contributed by atoms with E-state index in [1.54, 1.807) is 0 Å². The third kappa shape index (κ3) is 4.43. The molecule has 1 atom stereocenters. The summed E-state index contributed by atoms with van der Waals surface area (Å²) in [5.41, 5.74) is 3.18. The first-order valence-corrected chi connectivity index (χ1v) is 12.0. The maximum Gasteiger partial charge on any atom is 0.211 e. The van der Waals surface area contributed by atoms with Gasteiger partial charge in [-0.15, -0.1) is 0 Å². The second kappa shape index (κ2) is 7.99. The molecule has 2 aliphatic heterocycles. The van der Waals surface area contributed by atoms with Crippen LogP contribution in [-0.4, -0.2) is 48.6 Å².